The van der Waals surface area contributed by atoms with Crippen LogP contribution in [0, 0.1) is 0 Å². The van der Waals surface area contributed by atoms with E-state index < -0.39 is 8.80 Å². The first kappa shape index (κ1) is 11.9. The second-order valence-corrected chi connectivity index (χ2v) is 6.43. The van der Waals surface area contributed by atoms with E-state index in [-0.39, 0.29) is 0 Å². The minimum atomic E-state index is -0.762. The van der Waals surface area contributed by atoms with Crippen LogP contribution < -0.4 is 0 Å². The minimum Gasteiger partial charge on any atom is -0.297 e. The third-order valence-electron chi connectivity index (χ3n) is 2.02. The highest BCUT2D eigenvalue weighted by Crippen LogP contribution is 2.03. The summed E-state index contributed by atoms with van der Waals surface area (Å²) in [7, 11) is 7.84. The van der Waals surface area contributed by atoms with Crippen molar-refractivity contribution in [2.75, 3.05) is 28.2 Å². The van der Waals surface area contributed by atoms with Gasteiger partial charge in [-0.1, -0.05) is 18.3 Å². The van der Waals surface area contributed by atoms with E-state index in [2.05, 4.69) is 63.2 Å². The predicted molar refractivity (Wildman–Crippen MR) is 59.0 cm³/mol. The maximum Gasteiger partial charge on any atom is 0.0950 e. The molecule has 3 heteroatoms. The third-order valence-corrected chi connectivity index (χ3v) is 5.15. The van der Waals surface area contributed by atoms with Crippen molar-refractivity contribution < 1.29 is 0 Å². The van der Waals surface area contributed by atoms with E-state index in [1.165, 1.54) is 0 Å². The van der Waals surface area contributed by atoms with Crippen LogP contribution in [-0.4, -0.2) is 52.6 Å². The second-order valence-electron chi connectivity index (χ2n) is 3.73. The molecule has 0 aliphatic carbocycles. The van der Waals surface area contributed by atoms with Crippen LogP contribution in [0.3, 0.4) is 0 Å². The van der Waals surface area contributed by atoms with Crippen molar-refractivity contribution in [3.05, 3.63) is 11.8 Å². The molecule has 12 heavy (non-hydrogen) atoms. The largest absolute Gasteiger partial charge is 0.297 e. The van der Waals surface area contributed by atoms with Crippen LogP contribution in [0.2, 0.25) is 6.55 Å². The fourth-order valence-electron chi connectivity index (χ4n) is 1.81. The molecule has 0 bridgehead atoms. The Hall–Kier alpha value is -0.123. The SMILES string of the molecule is CC=C[SiH](C)C(N(C)C)N(C)C. The molecule has 0 rings (SSSR count). The summed E-state index contributed by atoms with van der Waals surface area (Å²) in [6.45, 7) is 4.48. The molecule has 0 radical (unpaired) electrons. The molecule has 0 spiro atoms. The summed E-state index contributed by atoms with van der Waals surface area (Å²) in [5.41, 5.74) is 2.38. The fraction of sp³-hybridized carbons (Fsp3) is 0.778. The molecular formula is C9H22N2Si. The van der Waals surface area contributed by atoms with Crippen LogP contribution in [0.5, 0.6) is 0 Å². The van der Waals surface area contributed by atoms with Crippen molar-refractivity contribution in [3.63, 3.8) is 0 Å². The molecule has 1 unspecified atom stereocenters. The van der Waals surface area contributed by atoms with Gasteiger partial charge in [-0.3, -0.25) is 9.80 Å². The monoisotopic (exact) mass is 186 g/mol. The van der Waals surface area contributed by atoms with Crippen LogP contribution in [0.4, 0.5) is 0 Å². The molecule has 0 aliphatic rings. The lowest BCUT2D eigenvalue weighted by molar-refractivity contribution is 0.198. The highest BCUT2D eigenvalue weighted by atomic mass is 28.3. The van der Waals surface area contributed by atoms with E-state index >= 15 is 0 Å². The van der Waals surface area contributed by atoms with Gasteiger partial charge in [0.15, 0.2) is 0 Å². The topological polar surface area (TPSA) is 6.48 Å². The molecule has 0 saturated carbocycles. The van der Waals surface area contributed by atoms with E-state index in [0.29, 0.717) is 5.79 Å². The predicted octanol–water partition coefficient (Wildman–Crippen LogP) is 0.947. The molecule has 0 N–H and O–H groups in total. The summed E-state index contributed by atoms with van der Waals surface area (Å²) in [6.07, 6.45) is 2.18. The zero-order valence-corrected chi connectivity index (χ0v) is 10.4. The van der Waals surface area contributed by atoms with E-state index in [1.807, 2.05) is 0 Å². The van der Waals surface area contributed by atoms with Crippen LogP contribution >= 0.6 is 0 Å². The van der Waals surface area contributed by atoms with Gasteiger partial charge in [0.05, 0.1) is 14.6 Å². The summed E-state index contributed by atoms with van der Waals surface area (Å²) in [6, 6.07) is 0. The Balaban J connectivity index is 4.29. The van der Waals surface area contributed by atoms with Crippen LogP contribution in [0.1, 0.15) is 6.92 Å². The minimum absolute atomic E-state index is 0.626. The maximum atomic E-state index is 2.38. The Morgan fingerprint density at radius 2 is 1.50 bits per heavy atom. The Labute approximate surface area is 78.5 Å². The first-order valence-electron chi connectivity index (χ1n) is 4.46. The average Bonchev–Trinajstić information content (AvgIpc) is 1.85. The standard InChI is InChI=1S/C9H22N2Si/c1-7-8-12(6)9(10(2)3)11(4)5/h7-9,12H,1-6H3. The van der Waals surface area contributed by atoms with Gasteiger partial charge in [-0.05, 0) is 35.1 Å². The van der Waals surface area contributed by atoms with Crippen molar-refractivity contribution in [1.82, 2.24) is 9.80 Å². The Morgan fingerprint density at radius 1 is 1.08 bits per heavy atom. The smallest absolute Gasteiger partial charge is 0.0950 e. The lowest BCUT2D eigenvalue weighted by atomic mass is 10.7. The number of allylic oxidation sites excluding steroid dienone is 1. The second kappa shape index (κ2) is 5.51. The number of rotatable bonds is 4. The highest BCUT2D eigenvalue weighted by Gasteiger charge is 2.19. The molecule has 0 amide bonds. The number of nitrogens with zero attached hydrogens (tertiary/aromatic N) is 2. The molecular weight excluding hydrogens is 164 g/mol. The lowest BCUT2D eigenvalue weighted by Gasteiger charge is -2.33. The van der Waals surface area contributed by atoms with Crippen molar-refractivity contribution >= 4 is 8.80 Å². The molecule has 0 aliphatic heterocycles. The summed E-state index contributed by atoms with van der Waals surface area (Å²) in [5.74, 6) is 0.626. The summed E-state index contributed by atoms with van der Waals surface area (Å²) >= 11 is 0. The van der Waals surface area contributed by atoms with Crippen LogP contribution in [0.15, 0.2) is 11.8 Å². The zero-order valence-electron chi connectivity index (χ0n) is 9.20. The van der Waals surface area contributed by atoms with Gasteiger partial charge in [-0.25, -0.2) is 0 Å². The van der Waals surface area contributed by atoms with E-state index in [9.17, 15) is 0 Å². The first-order chi connectivity index (χ1) is 5.50. The van der Waals surface area contributed by atoms with Gasteiger partial charge >= 0.3 is 0 Å². The molecule has 1 atom stereocenters. The summed E-state index contributed by atoms with van der Waals surface area (Å²) in [5, 5.41) is 0. The number of hydrogen-bond acceptors (Lipinski definition) is 2. The molecule has 0 aromatic heterocycles. The number of hydrogen-bond donors (Lipinski definition) is 0. The summed E-state index contributed by atoms with van der Waals surface area (Å²) < 4.78 is 0. The Morgan fingerprint density at radius 3 is 1.75 bits per heavy atom. The molecule has 0 aromatic rings. The van der Waals surface area contributed by atoms with Gasteiger partial charge < -0.3 is 0 Å². The van der Waals surface area contributed by atoms with E-state index in [0.717, 1.165) is 0 Å². The molecule has 0 aromatic carbocycles. The fourth-order valence-corrected chi connectivity index (χ4v) is 4.49. The molecule has 2 nitrogen and oxygen atoms in total. The van der Waals surface area contributed by atoms with Crippen molar-refractivity contribution in [1.29, 1.82) is 0 Å². The van der Waals surface area contributed by atoms with Crippen molar-refractivity contribution in [2.24, 2.45) is 0 Å². The molecule has 0 heterocycles. The summed E-state index contributed by atoms with van der Waals surface area (Å²) in [4.78, 5) is 4.60. The van der Waals surface area contributed by atoms with Gasteiger partial charge in [-0.2, -0.15) is 0 Å². The quantitative estimate of drug-likeness (QED) is 0.476. The van der Waals surface area contributed by atoms with Crippen molar-refractivity contribution in [3.8, 4) is 0 Å². The normalized spacial score (nSPS) is 15.4. The Kier molecular flexibility index (Phi) is 5.45. The van der Waals surface area contributed by atoms with Gasteiger partial charge in [-0.15, -0.1) is 0 Å². The van der Waals surface area contributed by atoms with E-state index in [1.54, 1.807) is 0 Å². The lowest BCUT2D eigenvalue weighted by Crippen LogP contribution is -2.49. The van der Waals surface area contributed by atoms with Gasteiger partial charge in [0.2, 0.25) is 0 Å². The zero-order chi connectivity index (χ0) is 9.72. The molecule has 0 saturated heterocycles. The van der Waals surface area contributed by atoms with Gasteiger partial charge in [0, 0.05) is 0 Å². The molecule has 0 fully saturated rings. The van der Waals surface area contributed by atoms with Gasteiger partial charge in [0.25, 0.3) is 0 Å². The maximum absolute atomic E-state index is 2.38. The average molecular weight is 186 g/mol. The Bertz CT molecular complexity index is 135. The van der Waals surface area contributed by atoms with Crippen LogP contribution in [0.25, 0.3) is 0 Å². The van der Waals surface area contributed by atoms with Gasteiger partial charge in [0.1, 0.15) is 0 Å². The van der Waals surface area contributed by atoms with E-state index in [4.69, 9.17) is 0 Å². The third kappa shape index (κ3) is 3.52. The molecule has 72 valence electrons. The van der Waals surface area contributed by atoms with Crippen LogP contribution in [-0.2, 0) is 0 Å². The first-order valence-corrected chi connectivity index (χ1v) is 6.95. The highest BCUT2D eigenvalue weighted by molar-refractivity contribution is 6.64. The van der Waals surface area contributed by atoms with Crippen molar-refractivity contribution in [2.45, 2.75) is 19.3 Å².